The minimum absolute atomic E-state index is 0.0381. The summed E-state index contributed by atoms with van der Waals surface area (Å²) < 4.78 is 0. The summed E-state index contributed by atoms with van der Waals surface area (Å²) >= 11 is 1.40. The number of thiophene rings is 1. The first-order chi connectivity index (χ1) is 8.72. The van der Waals surface area contributed by atoms with Crippen molar-refractivity contribution in [3.63, 3.8) is 0 Å². The molecule has 1 aliphatic heterocycles. The Morgan fingerprint density at radius 2 is 2.56 bits per heavy atom. The number of hydrogen-bond donors (Lipinski definition) is 2. The third-order valence-electron chi connectivity index (χ3n) is 3.64. The predicted octanol–water partition coefficient (Wildman–Crippen LogP) is 2.34. The van der Waals surface area contributed by atoms with Gasteiger partial charge in [-0.15, -0.1) is 11.3 Å². The number of carbonyl (C=O) groups excluding carboxylic acids is 1. The van der Waals surface area contributed by atoms with E-state index in [4.69, 9.17) is 5.26 Å². The Morgan fingerprint density at radius 3 is 3.17 bits per heavy atom. The van der Waals surface area contributed by atoms with E-state index in [-0.39, 0.29) is 11.3 Å². The molecule has 2 heterocycles. The largest absolute Gasteiger partial charge is 0.316 e. The van der Waals surface area contributed by atoms with Gasteiger partial charge in [-0.1, -0.05) is 6.92 Å². The van der Waals surface area contributed by atoms with Crippen LogP contribution in [0.3, 0.4) is 0 Å². The van der Waals surface area contributed by atoms with Crippen LogP contribution in [0.25, 0.3) is 0 Å². The van der Waals surface area contributed by atoms with Gasteiger partial charge in [0, 0.05) is 6.54 Å². The summed E-state index contributed by atoms with van der Waals surface area (Å²) in [5.41, 5.74) is 0.220. The Morgan fingerprint density at radius 1 is 1.72 bits per heavy atom. The van der Waals surface area contributed by atoms with Gasteiger partial charge in [-0.3, -0.25) is 4.79 Å². The summed E-state index contributed by atoms with van der Waals surface area (Å²) in [6.45, 7) is 3.76. The molecule has 1 atom stereocenters. The lowest BCUT2D eigenvalue weighted by molar-refractivity contribution is -0.126. The summed E-state index contributed by atoms with van der Waals surface area (Å²) in [5, 5.41) is 17.7. The zero-order chi connectivity index (χ0) is 13.0. The predicted molar refractivity (Wildman–Crippen MR) is 72.5 cm³/mol. The van der Waals surface area contributed by atoms with Crippen molar-refractivity contribution in [1.82, 2.24) is 5.32 Å². The fourth-order valence-corrected chi connectivity index (χ4v) is 3.09. The monoisotopic (exact) mass is 263 g/mol. The fraction of sp³-hybridized carbons (Fsp3) is 0.538. The quantitative estimate of drug-likeness (QED) is 0.879. The Bertz CT molecular complexity index is 469. The van der Waals surface area contributed by atoms with Gasteiger partial charge >= 0.3 is 0 Å². The number of nitrogens with one attached hydrogen (secondary N) is 2. The van der Waals surface area contributed by atoms with Crippen LogP contribution in [0.2, 0.25) is 0 Å². The van der Waals surface area contributed by atoms with Crippen LogP contribution in [0.4, 0.5) is 5.00 Å². The van der Waals surface area contributed by atoms with E-state index in [2.05, 4.69) is 16.7 Å². The topological polar surface area (TPSA) is 64.9 Å². The number of anilines is 1. The molecule has 2 rings (SSSR count). The van der Waals surface area contributed by atoms with Gasteiger partial charge in [0.05, 0.1) is 11.0 Å². The van der Waals surface area contributed by atoms with Gasteiger partial charge in [0.25, 0.3) is 0 Å². The molecule has 0 aliphatic carbocycles. The molecule has 1 aliphatic rings. The molecular weight excluding hydrogens is 246 g/mol. The molecule has 1 fully saturated rings. The third-order valence-corrected chi connectivity index (χ3v) is 4.47. The van der Waals surface area contributed by atoms with Crippen LogP contribution in [0.5, 0.6) is 0 Å². The summed E-state index contributed by atoms with van der Waals surface area (Å²) in [7, 11) is 0. The molecule has 0 spiro atoms. The molecular formula is C13H17N3OS. The van der Waals surface area contributed by atoms with Crippen LogP contribution in [-0.4, -0.2) is 19.0 Å². The minimum atomic E-state index is -0.324. The maximum Gasteiger partial charge on any atom is 0.232 e. The minimum Gasteiger partial charge on any atom is -0.316 e. The van der Waals surface area contributed by atoms with E-state index < -0.39 is 0 Å². The van der Waals surface area contributed by atoms with Gasteiger partial charge in [0.15, 0.2) is 0 Å². The van der Waals surface area contributed by atoms with Gasteiger partial charge in [-0.25, -0.2) is 0 Å². The number of piperidine rings is 1. The van der Waals surface area contributed by atoms with Crippen molar-refractivity contribution in [2.75, 3.05) is 18.4 Å². The number of carbonyl (C=O) groups is 1. The van der Waals surface area contributed by atoms with Crippen molar-refractivity contribution in [2.45, 2.75) is 26.2 Å². The Hall–Kier alpha value is -1.38. The Labute approximate surface area is 111 Å². The van der Waals surface area contributed by atoms with Gasteiger partial charge in [-0.2, -0.15) is 5.26 Å². The molecule has 0 bridgehead atoms. The van der Waals surface area contributed by atoms with Gasteiger partial charge in [0.1, 0.15) is 11.1 Å². The maximum atomic E-state index is 12.4. The molecule has 0 radical (unpaired) electrons. The second-order valence-electron chi connectivity index (χ2n) is 4.64. The number of amides is 1. The fourth-order valence-electron chi connectivity index (χ4n) is 2.35. The highest BCUT2D eigenvalue weighted by Crippen LogP contribution is 2.33. The zero-order valence-corrected chi connectivity index (χ0v) is 11.3. The van der Waals surface area contributed by atoms with Crippen LogP contribution in [-0.2, 0) is 4.79 Å². The van der Waals surface area contributed by atoms with Crippen molar-refractivity contribution in [1.29, 1.82) is 5.26 Å². The van der Waals surface area contributed by atoms with Gasteiger partial charge < -0.3 is 10.6 Å². The molecule has 2 N–H and O–H groups in total. The highest BCUT2D eigenvalue weighted by molar-refractivity contribution is 7.14. The van der Waals surface area contributed by atoms with Crippen LogP contribution in [0, 0.1) is 16.7 Å². The average molecular weight is 263 g/mol. The number of rotatable bonds is 3. The molecule has 0 aromatic carbocycles. The van der Waals surface area contributed by atoms with Gasteiger partial charge in [-0.05, 0) is 37.3 Å². The number of nitriles is 1. The summed E-state index contributed by atoms with van der Waals surface area (Å²) in [5.74, 6) is 0.0381. The van der Waals surface area contributed by atoms with Crippen LogP contribution in [0.1, 0.15) is 31.7 Å². The SMILES string of the molecule is CCC1(C(=O)Nc2sccc2C#N)CCCNC1. The molecule has 1 aromatic rings. The second-order valence-corrected chi connectivity index (χ2v) is 5.56. The first-order valence-electron chi connectivity index (χ1n) is 6.21. The molecule has 96 valence electrons. The normalized spacial score (nSPS) is 23.3. The van der Waals surface area contributed by atoms with E-state index in [9.17, 15) is 4.79 Å². The molecule has 1 aromatic heterocycles. The van der Waals surface area contributed by atoms with Crippen molar-refractivity contribution in [2.24, 2.45) is 5.41 Å². The highest BCUT2D eigenvalue weighted by Gasteiger charge is 2.38. The van der Waals surface area contributed by atoms with Crippen molar-refractivity contribution < 1.29 is 4.79 Å². The third kappa shape index (κ3) is 2.40. The zero-order valence-electron chi connectivity index (χ0n) is 10.5. The highest BCUT2D eigenvalue weighted by atomic mass is 32.1. The lowest BCUT2D eigenvalue weighted by Gasteiger charge is -2.35. The molecule has 5 heteroatoms. The van der Waals surface area contributed by atoms with E-state index in [0.29, 0.717) is 10.6 Å². The van der Waals surface area contributed by atoms with Crippen molar-refractivity contribution in [3.05, 3.63) is 17.0 Å². The van der Waals surface area contributed by atoms with Crippen LogP contribution in [0.15, 0.2) is 11.4 Å². The molecule has 1 amide bonds. The number of hydrogen-bond acceptors (Lipinski definition) is 4. The number of nitrogens with zero attached hydrogens (tertiary/aromatic N) is 1. The molecule has 1 saturated heterocycles. The summed E-state index contributed by atoms with van der Waals surface area (Å²) in [6, 6.07) is 3.83. The summed E-state index contributed by atoms with van der Waals surface area (Å²) in [4.78, 5) is 12.4. The molecule has 18 heavy (non-hydrogen) atoms. The standard InChI is InChI=1S/C13H17N3OS/c1-2-13(5-3-6-15-9-13)12(17)16-11-10(8-14)4-7-18-11/h4,7,15H,2-3,5-6,9H2,1H3,(H,16,17). The molecule has 4 nitrogen and oxygen atoms in total. The average Bonchev–Trinajstić information content (AvgIpc) is 2.86. The van der Waals surface area contributed by atoms with Crippen molar-refractivity contribution in [3.8, 4) is 6.07 Å². The lowest BCUT2D eigenvalue weighted by atomic mass is 9.77. The smallest absolute Gasteiger partial charge is 0.232 e. The van der Waals surface area contributed by atoms with Gasteiger partial charge in [0.2, 0.25) is 5.91 Å². The Kier molecular flexibility index (Phi) is 4.00. The van der Waals surface area contributed by atoms with E-state index in [1.807, 2.05) is 12.3 Å². The van der Waals surface area contributed by atoms with E-state index in [0.717, 1.165) is 32.4 Å². The lowest BCUT2D eigenvalue weighted by Crippen LogP contribution is -2.47. The molecule has 0 saturated carbocycles. The first-order valence-corrected chi connectivity index (χ1v) is 7.09. The van der Waals surface area contributed by atoms with Crippen LogP contribution < -0.4 is 10.6 Å². The molecule has 1 unspecified atom stereocenters. The second kappa shape index (κ2) is 5.51. The van der Waals surface area contributed by atoms with E-state index in [1.165, 1.54) is 11.3 Å². The summed E-state index contributed by atoms with van der Waals surface area (Å²) in [6.07, 6.45) is 2.76. The van der Waals surface area contributed by atoms with Crippen molar-refractivity contribution >= 4 is 22.2 Å². The first kappa shape index (κ1) is 13.1. The van der Waals surface area contributed by atoms with E-state index >= 15 is 0 Å². The maximum absolute atomic E-state index is 12.4. The van der Waals surface area contributed by atoms with Crippen LogP contribution >= 0.6 is 11.3 Å². The Balaban J connectivity index is 2.13. The van der Waals surface area contributed by atoms with E-state index in [1.54, 1.807) is 6.07 Å².